The minimum Gasteiger partial charge on any atom is -0.462 e. The van der Waals surface area contributed by atoms with Crippen LogP contribution in [0.4, 0.5) is 15.8 Å². The Balaban J connectivity index is 1.52. The molecule has 0 spiro atoms. The molecule has 11 heteroatoms. The molecule has 2 aliphatic rings. The number of hydrogen-bond donors (Lipinski definition) is 1. The van der Waals surface area contributed by atoms with Crippen molar-refractivity contribution >= 4 is 46.5 Å². The first kappa shape index (κ1) is 26.6. The number of morpholine rings is 1. The van der Waals surface area contributed by atoms with Crippen molar-refractivity contribution in [2.24, 2.45) is 0 Å². The molecule has 1 N–H and O–H groups in total. The van der Waals surface area contributed by atoms with Gasteiger partial charge in [-0.3, -0.25) is 19.4 Å². The molecule has 0 bridgehead atoms. The van der Waals surface area contributed by atoms with Crippen LogP contribution in [-0.2, 0) is 19.1 Å². The Bertz CT molecular complexity index is 1140. The highest BCUT2D eigenvalue weighted by Gasteiger charge is 2.44. The first-order valence-electron chi connectivity index (χ1n) is 12.1. The summed E-state index contributed by atoms with van der Waals surface area (Å²) >= 11 is 5.71. The zero-order chi connectivity index (χ0) is 26.4. The first-order valence-corrected chi connectivity index (χ1v) is 12.6. The van der Waals surface area contributed by atoms with E-state index >= 15 is 0 Å². The smallest absolute Gasteiger partial charge is 0.338 e. The van der Waals surface area contributed by atoms with E-state index in [-0.39, 0.29) is 24.8 Å². The summed E-state index contributed by atoms with van der Waals surface area (Å²) in [6.45, 7) is 5.95. The molecule has 2 aromatic rings. The third-order valence-electron chi connectivity index (χ3n) is 6.22. The van der Waals surface area contributed by atoms with E-state index in [1.54, 1.807) is 36.1 Å². The SMILES string of the molecule is CCOC(=O)c1ccc(N2C(=O)[C@@H](CC(=O)Nc3ccc(F)cc3)N(CCN3CCOCC3)C2=S)cc1. The zero-order valence-corrected chi connectivity index (χ0v) is 21.3. The van der Waals surface area contributed by atoms with Crippen LogP contribution in [0.2, 0.25) is 0 Å². The molecule has 2 aromatic carbocycles. The third kappa shape index (κ3) is 6.48. The van der Waals surface area contributed by atoms with Gasteiger partial charge in [0.25, 0.3) is 5.91 Å². The molecule has 0 saturated carbocycles. The van der Waals surface area contributed by atoms with E-state index in [4.69, 9.17) is 21.7 Å². The number of carbonyl (C=O) groups excluding carboxylic acids is 3. The first-order chi connectivity index (χ1) is 17.9. The Morgan fingerprint density at radius 3 is 2.41 bits per heavy atom. The maximum atomic E-state index is 13.6. The average Bonchev–Trinajstić information content (AvgIpc) is 3.13. The second kappa shape index (κ2) is 12.2. The van der Waals surface area contributed by atoms with Crippen LogP contribution in [-0.4, -0.2) is 84.7 Å². The summed E-state index contributed by atoms with van der Waals surface area (Å²) in [4.78, 5) is 43.9. The fraction of sp³-hybridized carbons (Fsp3) is 0.385. The van der Waals surface area contributed by atoms with E-state index in [2.05, 4.69) is 10.2 Å². The Morgan fingerprint density at radius 1 is 1.08 bits per heavy atom. The third-order valence-corrected chi connectivity index (χ3v) is 6.64. The average molecular weight is 529 g/mol. The van der Waals surface area contributed by atoms with Crippen molar-refractivity contribution in [2.75, 3.05) is 56.2 Å². The summed E-state index contributed by atoms with van der Waals surface area (Å²) in [5.74, 6) is -1.58. The van der Waals surface area contributed by atoms with Crippen molar-refractivity contribution in [3.63, 3.8) is 0 Å². The van der Waals surface area contributed by atoms with E-state index in [1.807, 2.05) is 0 Å². The van der Waals surface area contributed by atoms with Crippen molar-refractivity contribution in [1.29, 1.82) is 0 Å². The Kier molecular flexibility index (Phi) is 8.80. The summed E-state index contributed by atoms with van der Waals surface area (Å²) in [5, 5.41) is 3.01. The topological polar surface area (TPSA) is 91.4 Å². The van der Waals surface area contributed by atoms with Gasteiger partial charge >= 0.3 is 5.97 Å². The van der Waals surface area contributed by atoms with Crippen LogP contribution in [0.5, 0.6) is 0 Å². The minimum absolute atomic E-state index is 0.128. The molecule has 0 unspecified atom stereocenters. The van der Waals surface area contributed by atoms with Gasteiger partial charge in [0.1, 0.15) is 11.9 Å². The summed E-state index contributed by atoms with van der Waals surface area (Å²) in [6.07, 6.45) is -0.128. The van der Waals surface area contributed by atoms with E-state index in [1.165, 1.54) is 29.2 Å². The number of carbonyl (C=O) groups is 3. The van der Waals surface area contributed by atoms with Gasteiger partial charge in [-0.1, -0.05) is 0 Å². The number of ether oxygens (including phenoxy) is 2. The van der Waals surface area contributed by atoms with Gasteiger partial charge in [0.2, 0.25) is 5.91 Å². The lowest BCUT2D eigenvalue weighted by atomic mass is 10.1. The molecule has 2 heterocycles. The lowest BCUT2D eigenvalue weighted by Crippen LogP contribution is -2.45. The van der Waals surface area contributed by atoms with Crippen LogP contribution in [0, 0.1) is 5.82 Å². The van der Waals surface area contributed by atoms with Crippen molar-refractivity contribution in [3.05, 3.63) is 59.9 Å². The number of esters is 1. The van der Waals surface area contributed by atoms with Gasteiger partial charge in [0.05, 0.1) is 37.5 Å². The van der Waals surface area contributed by atoms with Crippen LogP contribution in [0.1, 0.15) is 23.7 Å². The van der Waals surface area contributed by atoms with Crippen LogP contribution >= 0.6 is 12.2 Å². The lowest BCUT2D eigenvalue weighted by molar-refractivity contribution is -0.124. The summed E-state index contributed by atoms with van der Waals surface area (Å²) in [7, 11) is 0. The highest BCUT2D eigenvalue weighted by atomic mass is 32.1. The Labute approximate surface area is 220 Å². The fourth-order valence-electron chi connectivity index (χ4n) is 4.28. The number of amides is 2. The molecule has 2 aliphatic heterocycles. The lowest BCUT2D eigenvalue weighted by Gasteiger charge is -2.30. The number of rotatable bonds is 9. The van der Waals surface area contributed by atoms with E-state index in [0.29, 0.717) is 48.4 Å². The molecule has 0 aliphatic carbocycles. The largest absolute Gasteiger partial charge is 0.462 e. The maximum Gasteiger partial charge on any atom is 0.338 e. The van der Waals surface area contributed by atoms with Gasteiger partial charge in [0.15, 0.2) is 5.11 Å². The predicted octanol–water partition coefficient (Wildman–Crippen LogP) is 2.67. The van der Waals surface area contributed by atoms with E-state index < -0.39 is 17.8 Å². The Morgan fingerprint density at radius 2 is 1.76 bits per heavy atom. The van der Waals surface area contributed by atoms with Gasteiger partial charge in [-0.05, 0) is 67.7 Å². The van der Waals surface area contributed by atoms with Gasteiger partial charge in [-0.15, -0.1) is 0 Å². The number of nitrogens with zero attached hydrogens (tertiary/aromatic N) is 3. The fourth-order valence-corrected chi connectivity index (χ4v) is 4.69. The van der Waals surface area contributed by atoms with E-state index in [9.17, 15) is 18.8 Å². The van der Waals surface area contributed by atoms with Crippen molar-refractivity contribution in [1.82, 2.24) is 9.80 Å². The maximum absolute atomic E-state index is 13.6. The van der Waals surface area contributed by atoms with Crippen molar-refractivity contribution in [2.45, 2.75) is 19.4 Å². The molecule has 196 valence electrons. The standard InChI is InChI=1S/C26H29FN4O5S/c1-2-36-25(34)18-3-9-21(10-4-18)31-24(33)22(17-23(32)28-20-7-5-19(27)6-8-20)30(26(31)37)12-11-29-13-15-35-16-14-29/h3-10,22H,2,11-17H2,1H3,(H,28,32)/t22-/m1/s1. The monoisotopic (exact) mass is 528 g/mol. The number of thiocarbonyl (C=S) groups is 1. The van der Waals surface area contributed by atoms with Crippen LogP contribution in [0.15, 0.2) is 48.5 Å². The molecular weight excluding hydrogens is 499 g/mol. The minimum atomic E-state index is -0.807. The zero-order valence-electron chi connectivity index (χ0n) is 20.5. The molecule has 2 amide bonds. The van der Waals surface area contributed by atoms with Crippen molar-refractivity contribution in [3.8, 4) is 0 Å². The number of hydrogen-bond acceptors (Lipinski definition) is 7. The highest BCUT2D eigenvalue weighted by molar-refractivity contribution is 7.80. The highest BCUT2D eigenvalue weighted by Crippen LogP contribution is 2.28. The van der Waals surface area contributed by atoms with Gasteiger partial charge in [-0.25, -0.2) is 9.18 Å². The number of halogens is 1. The molecule has 0 radical (unpaired) electrons. The quantitative estimate of drug-likeness (QED) is 0.393. The molecule has 0 aromatic heterocycles. The van der Waals surface area contributed by atoms with Crippen LogP contribution in [0.25, 0.3) is 0 Å². The normalized spacial score (nSPS) is 18.3. The van der Waals surface area contributed by atoms with Gasteiger partial charge in [-0.2, -0.15) is 0 Å². The molecule has 2 saturated heterocycles. The molecule has 4 rings (SSSR count). The predicted molar refractivity (Wildman–Crippen MR) is 140 cm³/mol. The Hall–Kier alpha value is -3.41. The molecule has 9 nitrogen and oxygen atoms in total. The summed E-state index contributed by atoms with van der Waals surface area (Å²) in [5.41, 5.74) is 1.30. The summed E-state index contributed by atoms with van der Waals surface area (Å²) in [6, 6.07) is 11.0. The van der Waals surface area contributed by atoms with Crippen LogP contribution in [0.3, 0.4) is 0 Å². The molecule has 2 fully saturated rings. The second-order valence-electron chi connectivity index (χ2n) is 8.65. The second-order valence-corrected chi connectivity index (χ2v) is 9.01. The number of nitrogens with one attached hydrogen (secondary N) is 1. The molecule has 1 atom stereocenters. The van der Waals surface area contributed by atoms with Gasteiger partial charge in [0, 0.05) is 31.9 Å². The molecular formula is C26H29FN4O5S. The number of anilines is 2. The number of benzene rings is 2. The van der Waals surface area contributed by atoms with Crippen LogP contribution < -0.4 is 10.2 Å². The van der Waals surface area contributed by atoms with Crippen molar-refractivity contribution < 1.29 is 28.2 Å². The molecule has 37 heavy (non-hydrogen) atoms. The van der Waals surface area contributed by atoms with E-state index in [0.717, 1.165) is 13.1 Å². The summed E-state index contributed by atoms with van der Waals surface area (Å²) < 4.78 is 23.7. The van der Waals surface area contributed by atoms with Gasteiger partial charge < -0.3 is 19.7 Å².